The number of ether oxygens (including phenoxy) is 1. The van der Waals surface area contributed by atoms with Gasteiger partial charge in [0.25, 0.3) is 0 Å². The summed E-state index contributed by atoms with van der Waals surface area (Å²) in [6.07, 6.45) is 1.60. The first kappa shape index (κ1) is 19.2. The molecule has 1 heterocycles. The molecule has 2 aromatic carbocycles. The molecule has 0 aliphatic rings. The van der Waals surface area contributed by atoms with Gasteiger partial charge in [-0.1, -0.05) is 18.2 Å². The van der Waals surface area contributed by atoms with Crippen LogP contribution in [0.15, 0.2) is 54.7 Å². The zero-order valence-electron chi connectivity index (χ0n) is 14.8. The summed E-state index contributed by atoms with van der Waals surface area (Å²) in [7, 11) is 0. The van der Waals surface area contributed by atoms with Gasteiger partial charge in [-0.2, -0.15) is 0 Å². The largest absolute Gasteiger partial charge is 0.450 e. The van der Waals surface area contributed by atoms with Gasteiger partial charge in [0.1, 0.15) is 6.04 Å². The van der Waals surface area contributed by atoms with Crippen LogP contribution in [0.5, 0.6) is 0 Å². The number of anilines is 1. The predicted octanol–water partition coefficient (Wildman–Crippen LogP) is 4.07. The molecule has 0 spiro atoms. The second-order valence-electron chi connectivity index (χ2n) is 5.98. The van der Waals surface area contributed by atoms with Crippen LogP contribution < -0.4 is 10.6 Å². The molecule has 0 radical (unpaired) electrons. The number of carbonyl (C=O) groups excluding carboxylic acids is 2. The highest BCUT2D eigenvalue weighted by Crippen LogP contribution is 2.20. The Morgan fingerprint density at radius 3 is 2.63 bits per heavy atom. The third kappa shape index (κ3) is 5.00. The van der Waals surface area contributed by atoms with E-state index in [1.54, 1.807) is 6.92 Å². The van der Waals surface area contributed by atoms with Crippen LogP contribution in [0, 0.1) is 3.57 Å². The summed E-state index contributed by atoms with van der Waals surface area (Å²) in [6, 6.07) is 14.5. The molecule has 0 bridgehead atoms. The Morgan fingerprint density at radius 1 is 1.15 bits per heavy atom. The molecule has 2 amide bonds. The molecule has 0 unspecified atom stereocenters. The first-order chi connectivity index (χ1) is 13.1. The number of aromatic nitrogens is 1. The molecular weight excluding hydrogens is 457 g/mol. The third-order valence-corrected chi connectivity index (χ3v) is 4.81. The summed E-state index contributed by atoms with van der Waals surface area (Å²) in [5, 5.41) is 6.54. The fraction of sp³-hybridized carbons (Fsp3) is 0.200. The fourth-order valence-electron chi connectivity index (χ4n) is 2.81. The number of benzene rings is 2. The van der Waals surface area contributed by atoms with Crippen LogP contribution in [0.3, 0.4) is 0 Å². The lowest BCUT2D eigenvalue weighted by molar-refractivity contribution is -0.118. The van der Waals surface area contributed by atoms with Crippen molar-refractivity contribution in [3.8, 4) is 0 Å². The Kier molecular flexibility index (Phi) is 6.33. The SMILES string of the molecule is CCOC(=O)N[C@H](Cc1c[nH]c2ccccc12)C(=O)Nc1ccc(I)cc1. The molecule has 27 heavy (non-hydrogen) atoms. The fourth-order valence-corrected chi connectivity index (χ4v) is 3.17. The lowest BCUT2D eigenvalue weighted by Gasteiger charge is -2.18. The maximum atomic E-state index is 12.8. The average molecular weight is 477 g/mol. The van der Waals surface area contributed by atoms with Crippen molar-refractivity contribution in [1.82, 2.24) is 10.3 Å². The van der Waals surface area contributed by atoms with Crippen molar-refractivity contribution in [2.24, 2.45) is 0 Å². The molecule has 6 nitrogen and oxygen atoms in total. The molecule has 0 fully saturated rings. The average Bonchev–Trinajstić information content (AvgIpc) is 3.06. The number of halogens is 1. The van der Waals surface area contributed by atoms with Crippen LogP contribution in [-0.2, 0) is 16.0 Å². The Morgan fingerprint density at radius 2 is 1.89 bits per heavy atom. The van der Waals surface area contributed by atoms with Crippen molar-refractivity contribution in [2.75, 3.05) is 11.9 Å². The van der Waals surface area contributed by atoms with Crippen molar-refractivity contribution in [3.63, 3.8) is 0 Å². The van der Waals surface area contributed by atoms with E-state index in [2.05, 4.69) is 38.2 Å². The molecule has 0 saturated carbocycles. The Hall–Kier alpha value is -2.55. The number of hydrogen-bond donors (Lipinski definition) is 3. The number of para-hydroxylation sites is 1. The Labute approximate surface area is 170 Å². The molecule has 1 atom stereocenters. The predicted molar refractivity (Wildman–Crippen MR) is 114 cm³/mol. The van der Waals surface area contributed by atoms with Crippen molar-refractivity contribution in [3.05, 3.63) is 63.9 Å². The lowest BCUT2D eigenvalue weighted by atomic mass is 10.0. The van der Waals surface area contributed by atoms with E-state index in [0.29, 0.717) is 12.1 Å². The number of nitrogens with one attached hydrogen (secondary N) is 3. The summed E-state index contributed by atoms with van der Waals surface area (Å²) in [5.74, 6) is -0.297. The number of fused-ring (bicyclic) bond motifs is 1. The molecule has 1 aromatic heterocycles. The standard InChI is InChI=1S/C20H20IN3O3/c1-2-27-20(26)24-18(19(25)23-15-9-7-14(21)8-10-15)11-13-12-22-17-6-4-3-5-16(13)17/h3-10,12,18,22H,2,11H2,1H3,(H,23,25)(H,24,26)/t18-/m1/s1. The summed E-state index contributed by atoms with van der Waals surface area (Å²) < 4.78 is 6.03. The highest BCUT2D eigenvalue weighted by Gasteiger charge is 2.23. The topological polar surface area (TPSA) is 83.2 Å². The van der Waals surface area contributed by atoms with Crippen molar-refractivity contribution >= 4 is 51.2 Å². The number of amides is 2. The zero-order valence-corrected chi connectivity index (χ0v) is 16.9. The summed E-state index contributed by atoms with van der Waals surface area (Å²) in [5.41, 5.74) is 2.61. The van der Waals surface area contributed by atoms with Crippen LogP contribution in [-0.4, -0.2) is 29.6 Å². The molecule has 7 heteroatoms. The minimum Gasteiger partial charge on any atom is -0.450 e. The monoisotopic (exact) mass is 477 g/mol. The van der Waals surface area contributed by atoms with Crippen molar-refractivity contribution in [1.29, 1.82) is 0 Å². The van der Waals surface area contributed by atoms with Gasteiger partial charge in [-0.05, 0) is 65.4 Å². The van der Waals surface area contributed by atoms with Gasteiger partial charge in [0, 0.05) is 32.8 Å². The molecule has 140 valence electrons. The second kappa shape index (κ2) is 8.90. The highest BCUT2D eigenvalue weighted by molar-refractivity contribution is 14.1. The van der Waals surface area contributed by atoms with E-state index in [1.807, 2.05) is 54.7 Å². The first-order valence-electron chi connectivity index (χ1n) is 8.61. The molecular formula is C20H20IN3O3. The maximum absolute atomic E-state index is 12.8. The number of carbonyl (C=O) groups is 2. The van der Waals surface area contributed by atoms with E-state index >= 15 is 0 Å². The number of H-pyrrole nitrogens is 1. The molecule has 0 aliphatic heterocycles. The van der Waals surface area contributed by atoms with E-state index in [-0.39, 0.29) is 12.5 Å². The van der Waals surface area contributed by atoms with Gasteiger partial charge in [-0.25, -0.2) is 4.79 Å². The van der Waals surface area contributed by atoms with Gasteiger partial charge < -0.3 is 20.4 Å². The van der Waals surface area contributed by atoms with E-state index in [1.165, 1.54) is 0 Å². The molecule has 0 aliphatic carbocycles. The summed E-state index contributed by atoms with van der Waals surface area (Å²) in [6.45, 7) is 1.96. The van der Waals surface area contributed by atoms with Crippen LogP contribution in [0.1, 0.15) is 12.5 Å². The van der Waals surface area contributed by atoms with Gasteiger partial charge in [0.05, 0.1) is 6.61 Å². The van der Waals surface area contributed by atoms with E-state index in [0.717, 1.165) is 20.0 Å². The highest BCUT2D eigenvalue weighted by atomic mass is 127. The Balaban J connectivity index is 1.80. The van der Waals surface area contributed by atoms with E-state index in [4.69, 9.17) is 4.74 Å². The molecule has 3 aromatic rings. The van der Waals surface area contributed by atoms with Crippen LogP contribution >= 0.6 is 22.6 Å². The number of rotatable bonds is 6. The second-order valence-corrected chi connectivity index (χ2v) is 7.22. The number of hydrogen-bond acceptors (Lipinski definition) is 3. The molecule has 3 N–H and O–H groups in total. The molecule has 3 rings (SSSR count). The first-order valence-corrected chi connectivity index (χ1v) is 9.69. The van der Waals surface area contributed by atoms with E-state index in [9.17, 15) is 9.59 Å². The van der Waals surface area contributed by atoms with Gasteiger partial charge in [-0.15, -0.1) is 0 Å². The van der Waals surface area contributed by atoms with Crippen LogP contribution in [0.25, 0.3) is 10.9 Å². The quantitative estimate of drug-likeness (QED) is 0.469. The van der Waals surface area contributed by atoms with Gasteiger partial charge in [-0.3, -0.25) is 4.79 Å². The normalized spacial score (nSPS) is 11.8. The van der Waals surface area contributed by atoms with E-state index < -0.39 is 12.1 Å². The van der Waals surface area contributed by atoms with Crippen molar-refractivity contribution < 1.29 is 14.3 Å². The number of aromatic amines is 1. The third-order valence-electron chi connectivity index (χ3n) is 4.09. The minimum absolute atomic E-state index is 0.240. The summed E-state index contributed by atoms with van der Waals surface area (Å²) in [4.78, 5) is 27.9. The van der Waals surface area contributed by atoms with Gasteiger partial charge in [0.2, 0.25) is 5.91 Å². The summed E-state index contributed by atoms with van der Waals surface area (Å²) >= 11 is 2.20. The maximum Gasteiger partial charge on any atom is 0.407 e. The number of alkyl carbamates (subject to hydrolysis) is 1. The molecule has 0 saturated heterocycles. The van der Waals surface area contributed by atoms with Crippen LogP contribution in [0.2, 0.25) is 0 Å². The Bertz CT molecular complexity index is 937. The van der Waals surface area contributed by atoms with Crippen LogP contribution in [0.4, 0.5) is 10.5 Å². The smallest absolute Gasteiger partial charge is 0.407 e. The van der Waals surface area contributed by atoms with Gasteiger partial charge in [0.15, 0.2) is 0 Å². The zero-order chi connectivity index (χ0) is 19.2. The van der Waals surface area contributed by atoms with Gasteiger partial charge >= 0.3 is 6.09 Å². The van der Waals surface area contributed by atoms with Crippen molar-refractivity contribution in [2.45, 2.75) is 19.4 Å². The lowest BCUT2D eigenvalue weighted by Crippen LogP contribution is -2.45. The minimum atomic E-state index is -0.762.